The third-order valence-electron chi connectivity index (χ3n) is 2.46. The van der Waals surface area contributed by atoms with E-state index in [2.05, 4.69) is 10.5 Å². The van der Waals surface area contributed by atoms with Gasteiger partial charge in [0, 0.05) is 18.2 Å². The van der Waals surface area contributed by atoms with E-state index >= 15 is 0 Å². The smallest absolute Gasteiger partial charge is 0.145 e. The Morgan fingerprint density at radius 1 is 1.37 bits per heavy atom. The molecular weight excluding hydrogens is 244 g/mol. The summed E-state index contributed by atoms with van der Waals surface area (Å²) in [6, 6.07) is 7.91. The van der Waals surface area contributed by atoms with Gasteiger partial charge in [-0.25, -0.2) is 0 Å². The number of methoxy groups -OCH3 is 1. The number of para-hydroxylation sites is 1. The van der Waals surface area contributed by atoms with E-state index in [0.29, 0.717) is 19.2 Å². The lowest BCUT2D eigenvalue weighted by Crippen LogP contribution is -2.32. The SMILES string of the molecule is COc1ccccc1CO/N=C/C(O)CNC(C)C. The van der Waals surface area contributed by atoms with Gasteiger partial charge < -0.3 is 20.0 Å². The Bertz CT molecular complexity index is 394. The van der Waals surface area contributed by atoms with Gasteiger partial charge in [0.25, 0.3) is 0 Å². The van der Waals surface area contributed by atoms with Gasteiger partial charge in [-0.15, -0.1) is 0 Å². The van der Waals surface area contributed by atoms with Crippen molar-refractivity contribution in [2.75, 3.05) is 13.7 Å². The van der Waals surface area contributed by atoms with Crippen LogP contribution in [0.3, 0.4) is 0 Å². The maximum atomic E-state index is 9.58. The van der Waals surface area contributed by atoms with E-state index in [9.17, 15) is 5.11 Å². The van der Waals surface area contributed by atoms with Crippen LogP contribution >= 0.6 is 0 Å². The highest BCUT2D eigenvalue weighted by Gasteiger charge is 2.03. The summed E-state index contributed by atoms with van der Waals surface area (Å²) in [5.74, 6) is 0.764. The zero-order valence-corrected chi connectivity index (χ0v) is 11.7. The van der Waals surface area contributed by atoms with Crippen molar-refractivity contribution in [2.45, 2.75) is 32.6 Å². The van der Waals surface area contributed by atoms with E-state index in [-0.39, 0.29) is 0 Å². The van der Waals surface area contributed by atoms with E-state index in [1.165, 1.54) is 6.21 Å². The monoisotopic (exact) mass is 266 g/mol. The molecule has 0 bridgehead atoms. The molecule has 0 aliphatic carbocycles. The van der Waals surface area contributed by atoms with Crippen molar-refractivity contribution in [3.63, 3.8) is 0 Å². The molecule has 0 heterocycles. The number of hydrogen-bond acceptors (Lipinski definition) is 5. The lowest BCUT2D eigenvalue weighted by molar-refractivity contribution is 0.125. The van der Waals surface area contributed by atoms with Gasteiger partial charge in [-0.3, -0.25) is 0 Å². The number of rotatable bonds is 8. The molecule has 5 nitrogen and oxygen atoms in total. The van der Waals surface area contributed by atoms with Crippen LogP contribution in [0.5, 0.6) is 5.75 Å². The van der Waals surface area contributed by atoms with Crippen LogP contribution in [-0.4, -0.2) is 37.1 Å². The number of nitrogens with zero attached hydrogens (tertiary/aromatic N) is 1. The Balaban J connectivity index is 2.33. The lowest BCUT2D eigenvalue weighted by atomic mass is 10.2. The van der Waals surface area contributed by atoms with E-state index in [0.717, 1.165) is 11.3 Å². The molecule has 19 heavy (non-hydrogen) atoms. The van der Waals surface area contributed by atoms with Gasteiger partial charge in [0.05, 0.1) is 13.3 Å². The zero-order chi connectivity index (χ0) is 14.1. The van der Waals surface area contributed by atoms with Crippen molar-refractivity contribution in [2.24, 2.45) is 5.16 Å². The number of aliphatic hydroxyl groups excluding tert-OH is 1. The van der Waals surface area contributed by atoms with Crippen LogP contribution in [-0.2, 0) is 11.4 Å². The highest BCUT2D eigenvalue weighted by atomic mass is 16.6. The predicted octanol–water partition coefficient (Wildman–Crippen LogP) is 1.56. The summed E-state index contributed by atoms with van der Waals surface area (Å²) in [6.07, 6.45) is 0.727. The summed E-state index contributed by atoms with van der Waals surface area (Å²) in [5, 5.41) is 16.4. The molecule has 1 aromatic rings. The van der Waals surface area contributed by atoms with Gasteiger partial charge in [-0.2, -0.15) is 0 Å². The summed E-state index contributed by atoms with van der Waals surface area (Å²) < 4.78 is 5.20. The van der Waals surface area contributed by atoms with Crippen LogP contribution in [0.15, 0.2) is 29.4 Å². The Labute approximate surface area is 114 Å². The van der Waals surface area contributed by atoms with Gasteiger partial charge in [-0.05, 0) is 6.07 Å². The largest absolute Gasteiger partial charge is 0.496 e. The second-order valence-corrected chi connectivity index (χ2v) is 4.47. The van der Waals surface area contributed by atoms with Crippen molar-refractivity contribution in [3.05, 3.63) is 29.8 Å². The molecule has 2 N–H and O–H groups in total. The van der Waals surface area contributed by atoms with Gasteiger partial charge in [0.1, 0.15) is 18.5 Å². The zero-order valence-electron chi connectivity index (χ0n) is 11.7. The van der Waals surface area contributed by atoms with Crippen LogP contribution < -0.4 is 10.1 Å². The summed E-state index contributed by atoms with van der Waals surface area (Å²) in [4.78, 5) is 5.14. The standard InChI is InChI=1S/C14H22N2O3/c1-11(2)15-8-13(17)9-16-19-10-12-6-4-5-7-14(12)18-3/h4-7,9,11,13,15,17H,8,10H2,1-3H3/b16-9+. The first-order valence-corrected chi connectivity index (χ1v) is 6.32. The molecule has 0 aromatic heterocycles. The topological polar surface area (TPSA) is 63.1 Å². The molecule has 1 unspecified atom stereocenters. The fourth-order valence-corrected chi connectivity index (χ4v) is 1.45. The van der Waals surface area contributed by atoms with Crippen LogP contribution in [0.2, 0.25) is 0 Å². The molecule has 0 spiro atoms. The average Bonchev–Trinajstić information content (AvgIpc) is 2.41. The van der Waals surface area contributed by atoms with Gasteiger partial charge in [0.2, 0.25) is 0 Å². The molecule has 5 heteroatoms. The molecule has 1 aromatic carbocycles. The van der Waals surface area contributed by atoms with Crippen LogP contribution in [0, 0.1) is 0 Å². The molecule has 0 fully saturated rings. The number of ether oxygens (including phenoxy) is 1. The lowest BCUT2D eigenvalue weighted by Gasteiger charge is -2.10. The highest BCUT2D eigenvalue weighted by Crippen LogP contribution is 2.17. The Morgan fingerprint density at radius 3 is 2.79 bits per heavy atom. The maximum Gasteiger partial charge on any atom is 0.145 e. The van der Waals surface area contributed by atoms with Crippen molar-refractivity contribution < 1.29 is 14.7 Å². The minimum absolute atomic E-state index is 0.310. The second kappa shape index (κ2) is 8.50. The molecule has 0 aliphatic heterocycles. The van der Waals surface area contributed by atoms with Crippen molar-refractivity contribution in [1.29, 1.82) is 0 Å². The van der Waals surface area contributed by atoms with E-state index in [1.54, 1.807) is 7.11 Å². The second-order valence-electron chi connectivity index (χ2n) is 4.47. The molecule has 0 aliphatic rings. The van der Waals surface area contributed by atoms with Crippen LogP contribution in [0.4, 0.5) is 0 Å². The molecule has 1 rings (SSSR count). The predicted molar refractivity (Wildman–Crippen MR) is 75.4 cm³/mol. The third kappa shape index (κ3) is 6.22. The first-order valence-electron chi connectivity index (χ1n) is 6.32. The Morgan fingerprint density at radius 2 is 2.11 bits per heavy atom. The molecule has 0 saturated carbocycles. The average molecular weight is 266 g/mol. The number of hydrogen-bond donors (Lipinski definition) is 2. The fraction of sp³-hybridized carbons (Fsp3) is 0.500. The van der Waals surface area contributed by atoms with Crippen LogP contribution in [0.1, 0.15) is 19.4 Å². The molecule has 1 atom stereocenters. The summed E-state index contributed by atoms with van der Waals surface area (Å²) in [5.41, 5.74) is 0.914. The summed E-state index contributed by atoms with van der Waals surface area (Å²) in [6.45, 7) is 4.80. The number of nitrogens with one attached hydrogen (secondary N) is 1. The summed E-state index contributed by atoms with van der Waals surface area (Å²) >= 11 is 0. The molecule has 0 radical (unpaired) electrons. The molecule has 0 saturated heterocycles. The molecule has 106 valence electrons. The third-order valence-corrected chi connectivity index (χ3v) is 2.46. The summed E-state index contributed by atoms with van der Waals surface area (Å²) in [7, 11) is 1.61. The minimum atomic E-state index is -0.653. The van der Waals surface area contributed by atoms with E-state index < -0.39 is 6.10 Å². The first kappa shape index (κ1) is 15.5. The minimum Gasteiger partial charge on any atom is -0.496 e. The number of oxime groups is 1. The number of benzene rings is 1. The quantitative estimate of drug-likeness (QED) is 0.553. The highest BCUT2D eigenvalue weighted by molar-refractivity contribution is 5.62. The van der Waals surface area contributed by atoms with Gasteiger partial charge in [-0.1, -0.05) is 37.2 Å². The van der Waals surface area contributed by atoms with Gasteiger partial charge in [0.15, 0.2) is 0 Å². The normalized spacial score (nSPS) is 12.9. The first-order chi connectivity index (χ1) is 9.13. The number of aliphatic hydroxyl groups is 1. The Hall–Kier alpha value is -1.59. The maximum absolute atomic E-state index is 9.58. The van der Waals surface area contributed by atoms with Crippen molar-refractivity contribution >= 4 is 6.21 Å². The van der Waals surface area contributed by atoms with E-state index in [1.807, 2.05) is 38.1 Å². The van der Waals surface area contributed by atoms with Gasteiger partial charge >= 0.3 is 0 Å². The molecular formula is C14H22N2O3. The van der Waals surface area contributed by atoms with E-state index in [4.69, 9.17) is 9.57 Å². The fourth-order valence-electron chi connectivity index (χ4n) is 1.45. The Kier molecular flexibility index (Phi) is 6.92. The van der Waals surface area contributed by atoms with Crippen molar-refractivity contribution in [3.8, 4) is 5.75 Å². The van der Waals surface area contributed by atoms with Crippen LogP contribution in [0.25, 0.3) is 0 Å². The van der Waals surface area contributed by atoms with Crippen molar-refractivity contribution in [1.82, 2.24) is 5.32 Å². The molecule has 0 amide bonds.